The van der Waals surface area contributed by atoms with Crippen LogP contribution in [0.1, 0.15) is 44.1 Å². The van der Waals surface area contributed by atoms with Crippen LogP contribution in [0.25, 0.3) is 0 Å². The number of primary amides is 1. The molecule has 0 atom stereocenters. The third kappa shape index (κ3) is 9.24. The molecule has 1 aromatic rings. The molecular weight excluding hydrogens is 286 g/mol. The molecule has 118 valence electrons. The number of benzene rings is 1. The first-order valence-electron chi connectivity index (χ1n) is 7.52. The largest absolute Gasteiger partial charge is 0.369 e. The Bertz CT molecular complexity index is 512. The van der Waals surface area contributed by atoms with Crippen LogP contribution in [0.4, 0.5) is 0 Å². The molecule has 5 heteroatoms. The van der Waals surface area contributed by atoms with Gasteiger partial charge in [-0.1, -0.05) is 56.0 Å². The Hall–Kier alpha value is -1.36. The lowest BCUT2D eigenvalue weighted by Crippen LogP contribution is -2.24. The molecule has 0 fully saturated rings. The maximum absolute atomic E-state index is 11.4. The van der Waals surface area contributed by atoms with E-state index < -0.39 is 21.5 Å². The lowest BCUT2D eigenvalue weighted by molar-refractivity contribution is -0.115. The highest BCUT2D eigenvalue weighted by atomic mass is 32.2. The van der Waals surface area contributed by atoms with E-state index in [0.29, 0.717) is 6.42 Å². The predicted molar refractivity (Wildman–Crippen MR) is 85.7 cm³/mol. The van der Waals surface area contributed by atoms with Gasteiger partial charge in [0.2, 0.25) is 5.91 Å². The Kier molecular flexibility index (Phi) is 8.05. The summed E-state index contributed by atoms with van der Waals surface area (Å²) in [6, 6.07) is 10.4. The number of carbonyl (C=O) groups excluding carboxylic acids is 1. The van der Waals surface area contributed by atoms with Crippen LogP contribution in [0.15, 0.2) is 30.3 Å². The van der Waals surface area contributed by atoms with Crippen LogP contribution in [0.3, 0.4) is 0 Å². The number of carbonyl (C=O) groups is 1. The molecule has 4 nitrogen and oxygen atoms in total. The van der Waals surface area contributed by atoms with Gasteiger partial charge in [0, 0.05) is 0 Å². The van der Waals surface area contributed by atoms with E-state index in [9.17, 15) is 13.2 Å². The second-order valence-corrected chi connectivity index (χ2v) is 7.60. The normalized spacial score (nSPS) is 11.4. The number of hydrogen-bond acceptors (Lipinski definition) is 3. The van der Waals surface area contributed by atoms with Crippen molar-refractivity contribution >= 4 is 15.7 Å². The van der Waals surface area contributed by atoms with Gasteiger partial charge in [0.05, 0.1) is 5.75 Å². The molecule has 2 N–H and O–H groups in total. The monoisotopic (exact) mass is 311 g/mol. The lowest BCUT2D eigenvalue weighted by Gasteiger charge is -2.03. The minimum atomic E-state index is -3.29. The van der Waals surface area contributed by atoms with E-state index >= 15 is 0 Å². The smallest absolute Gasteiger partial charge is 0.232 e. The summed E-state index contributed by atoms with van der Waals surface area (Å²) in [6.45, 7) is 0. The molecule has 1 amide bonds. The van der Waals surface area contributed by atoms with E-state index in [-0.39, 0.29) is 5.75 Å². The average Bonchev–Trinajstić information content (AvgIpc) is 2.41. The highest BCUT2D eigenvalue weighted by Crippen LogP contribution is 2.10. The number of aryl methyl sites for hydroxylation is 1. The quantitative estimate of drug-likeness (QED) is 0.638. The van der Waals surface area contributed by atoms with Crippen molar-refractivity contribution in [2.45, 2.75) is 44.9 Å². The Balaban J connectivity index is 1.99. The molecule has 0 spiro atoms. The van der Waals surface area contributed by atoms with Gasteiger partial charge in [-0.05, 0) is 24.8 Å². The first kappa shape index (κ1) is 17.7. The van der Waals surface area contributed by atoms with Crippen LogP contribution in [0.5, 0.6) is 0 Å². The fourth-order valence-corrected chi connectivity index (χ4v) is 3.51. The SMILES string of the molecule is NC(=O)CS(=O)(=O)CCCCCCCCc1ccccc1. The summed E-state index contributed by atoms with van der Waals surface area (Å²) in [5.74, 6) is -1.22. The van der Waals surface area contributed by atoms with Crippen molar-refractivity contribution < 1.29 is 13.2 Å². The maximum Gasteiger partial charge on any atom is 0.232 e. The Morgan fingerprint density at radius 2 is 1.48 bits per heavy atom. The third-order valence-corrected chi connectivity index (χ3v) is 5.01. The van der Waals surface area contributed by atoms with Crippen molar-refractivity contribution in [3.05, 3.63) is 35.9 Å². The van der Waals surface area contributed by atoms with Crippen LogP contribution in [-0.4, -0.2) is 25.8 Å². The van der Waals surface area contributed by atoms with E-state index in [4.69, 9.17) is 5.73 Å². The zero-order valence-electron chi connectivity index (χ0n) is 12.5. The summed E-state index contributed by atoms with van der Waals surface area (Å²) >= 11 is 0. The Labute approximate surface area is 127 Å². The van der Waals surface area contributed by atoms with Crippen molar-refractivity contribution in [3.63, 3.8) is 0 Å². The highest BCUT2D eigenvalue weighted by Gasteiger charge is 2.13. The molecule has 0 radical (unpaired) electrons. The number of rotatable bonds is 11. The summed E-state index contributed by atoms with van der Waals surface area (Å²) in [7, 11) is -3.29. The van der Waals surface area contributed by atoms with E-state index in [1.807, 2.05) is 6.07 Å². The standard InChI is InChI=1S/C16H25NO3S/c17-16(18)14-21(19,20)13-9-4-2-1-3-6-10-15-11-7-5-8-12-15/h5,7-8,11-12H,1-4,6,9-10,13-14H2,(H2,17,18). The molecule has 0 aliphatic carbocycles. The summed E-state index contributed by atoms with van der Waals surface area (Å²) in [5.41, 5.74) is 6.26. The van der Waals surface area contributed by atoms with Crippen LogP contribution in [0.2, 0.25) is 0 Å². The summed E-state index contributed by atoms with van der Waals surface area (Å²) in [6.07, 6.45) is 7.13. The molecule has 0 unspecified atom stereocenters. The zero-order valence-corrected chi connectivity index (χ0v) is 13.3. The van der Waals surface area contributed by atoms with Crippen molar-refractivity contribution in [1.29, 1.82) is 0 Å². The van der Waals surface area contributed by atoms with Gasteiger partial charge in [-0.2, -0.15) is 0 Å². The molecule has 0 heterocycles. The minimum absolute atomic E-state index is 0.0694. The van der Waals surface area contributed by atoms with Crippen LogP contribution in [-0.2, 0) is 21.1 Å². The molecule has 0 aliphatic rings. The zero-order chi connectivity index (χ0) is 15.6. The molecule has 21 heavy (non-hydrogen) atoms. The molecular formula is C16H25NO3S. The molecule has 0 aliphatic heterocycles. The van der Waals surface area contributed by atoms with Gasteiger partial charge >= 0.3 is 0 Å². The minimum Gasteiger partial charge on any atom is -0.369 e. The van der Waals surface area contributed by atoms with Gasteiger partial charge in [-0.3, -0.25) is 4.79 Å². The third-order valence-electron chi connectivity index (χ3n) is 3.38. The van der Waals surface area contributed by atoms with Crippen molar-refractivity contribution in [2.75, 3.05) is 11.5 Å². The fourth-order valence-electron chi connectivity index (χ4n) is 2.29. The van der Waals surface area contributed by atoms with E-state index in [1.165, 1.54) is 18.4 Å². The number of sulfone groups is 1. The second-order valence-electron chi connectivity index (χ2n) is 5.42. The number of amides is 1. The molecule has 0 bridgehead atoms. The van der Waals surface area contributed by atoms with Gasteiger partial charge in [0.1, 0.15) is 5.75 Å². The van der Waals surface area contributed by atoms with E-state index in [0.717, 1.165) is 25.7 Å². The van der Waals surface area contributed by atoms with Crippen LogP contribution < -0.4 is 5.73 Å². The van der Waals surface area contributed by atoms with Gasteiger partial charge in [0.15, 0.2) is 9.84 Å². The molecule has 1 aromatic carbocycles. The van der Waals surface area contributed by atoms with E-state index in [1.54, 1.807) is 0 Å². The summed E-state index contributed by atoms with van der Waals surface area (Å²) in [4.78, 5) is 10.6. The molecule has 1 rings (SSSR count). The summed E-state index contributed by atoms with van der Waals surface area (Å²) in [5, 5.41) is 0. The fraction of sp³-hybridized carbons (Fsp3) is 0.562. The van der Waals surface area contributed by atoms with Crippen molar-refractivity contribution in [2.24, 2.45) is 5.73 Å². The molecule has 0 saturated heterocycles. The van der Waals surface area contributed by atoms with Crippen LogP contribution >= 0.6 is 0 Å². The first-order valence-corrected chi connectivity index (χ1v) is 9.34. The number of unbranched alkanes of at least 4 members (excludes halogenated alkanes) is 5. The van der Waals surface area contributed by atoms with Crippen molar-refractivity contribution in [3.8, 4) is 0 Å². The topological polar surface area (TPSA) is 77.2 Å². The average molecular weight is 311 g/mol. The summed E-state index contributed by atoms with van der Waals surface area (Å²) < 4.78 is 22.9. The Morgan fingerprint density at radius 3 is 2.10 bits per heavy atom. The van der Waals surface area contributed by atoms with Gasteiger partial charge < -0.3 is 5.73 Å². The van der Waals surface area contributed by atoms with Crippen molar-refractivity contribution in [1.82, 2.24) is 0 Å². The lowest BCUT2D eigenvalue weighted by atomic mass is 10.1. The number of nitrogens with two attached hydrogens (primary N) is 1. The maximum atomic E-state index is 11.4. The molecule has 0 saturated carbocycles. The van der Waals surface area contributed by atoms with Gasteiger partial charge in [-0.15, -0.1) is 0 Å². The van der Waals surface area contributed by atoms with Crippen LogP contribution in [0, 0.1) is 0 Å². The first-order chi connectivity index (χ1) is 9.99. The van der Waals surface area contributed by atoms with E-state index in [2.05, 4.69) is 24.3 Å². The second kappa shape index (κ2) is 9.55. The number of hydrogen-bond donors (Lipinski definition) is 1. The van der Waals surface area contributed by atoms with Gasteiger partial charge in [-0.25, -0.2) is 8.42 Å². The highest BCUT2D eigenvalue weighted by molar-refractivity contribution is 7.92. The predicted octanol–water partition coefficient (Wildman–Crippen LogP) is 2.47. The Morgan fingerprint density at radius 1 is 0.905 bits per heavy atom. The van der Waals surface area contributed by atoms with Gasteiger partial charge in [0.25, 0.3) is 0 Å². The molecule has 0 aromatic heterocycles.